The first-order chi connectivity index (χ1) is 14.4. The van der Waals surface area contributed by atoms with E-state index in [9.17, 15) is 0 Å². The van der Waals surface area contributed by atoms with Gasteiger partial charge in [0.25, 0.3) is 0 Å². The van der Waals surface area contributed by atoms with E-state index in [4.69, 9.17) is 10.7 Å². The number of nitrogens with zero attached hydrogens (tertiary/aromatic N) is 4. The number of allylic oxidation sites excluding steroid dienone is 3. The zero-order chi connectivity index (χ0) is 21.7. The molecule has 2 unspecified atom stereocenters. The summed E-state index contributed by atoms with van der Waals surface area (Å²) in [6.07, 6.45) is 10.5. The van der Waals surface area contributed by atoms with Crippen molar-refractivity contribution in [1.82, 2.24) is 10.2 Å². The molecule has 1 aromatic carbocycles. The fourth-order valence-corrected chi connectivity index (χ4v) is 4.00. The number of aliphatic imine (C=N–C) groups is 3. The van der Waals surface area contributed by atoms with E-state index in [1.54, 1.807) is 13.3 Å². The molecule has 0 spiro atoms. The molecule has 30 heavy (non-hydrogen) atoms. The molecule has 6 nitrogen and oxygen atoms in total. The molecule has 1 aliphatic heterocycles. The van der Waals surface area contributed by atoms with Gasteiger partial charge in [0, 0.05) is 79.3 Å². The molecule has 0 bridgehead atoms. The zero-order valence-electron chi connectivity index (χ0n) is 18.4. The lowest BCUT2D eigenvalue weighted by atomic mass is 10.0. The Labute approximate surface area is 179 Å². The minimum atomic E-state index is 0.485. The van der Waals surface area contributed by atoms with Crippen molar-refractivity contribution >= 4 is 23.4 Å². The Morgan fingerprint density at radius 3 is 2.57 bits per heavy atom. The van der Waals surface area contributed by atoms with E-state index >= 15 is 0 Å². The van der Waals surface area contributed by atoms with E-state index in [1.165, 1.54) is 11.9 Å². The third-order valence-electron chi connectivity index (χ3n) is 5.29. The molecule has 0 saturated carbocycles. The van der Waals surface area contributed by atoms with E-state index in [0.29, 0.717) is 23.6 Å². The SMILES string of the molecule is C=CN=C(N=C1C=CC(N2CC(C)NC(C)C2)=CC1)c1cc(C=NC)c(N)cc1C. The number of aryl methyl sites for hydroxylation is 1. The highest BCUT2D eigenvalue weighted by atomic mass is 15.2. The smallest absolute Gasteiger partial charge is 0.159 e. The fraction of sp³-hybridized carbons (Fsp3) is 0.375. The highest BCUT2D eigenvalue weighted by Gasteiger charge is 2.22. The minimum absolute atomic E-state index is 0.485. The lowest BCUT2D eigenvalue weighted by Gasteiger charge is -2.38. The molecule has 3 rings (SSSR count). The maximum absolute atomic E-state index is 6.13. The Morgan fingerprint density at radius 1 is 1.23 bits per heavy atom. The fourth-order valence-electron chi connectivity index (χ4n) is 4.00. The van der Waals surface area contributed by atoms with Crippen molar-refractivity contribution in [2.75, 3.05) is 25.9 Å². The van der Waals surface area contributed by atoms with Gasteiger partial charge in [-0.1, -0.05) is 12.7 Å². The Bertz CT molecular complexity index is 941. The second kappa shape index (κ2) is 9.67. The molecule has 6 heteroatoms. The molecular formula is C24H32N6. The molecule has 2 atom stereocenters. The van der Waals surface area contributed by atoms with Gasteiger partial charge in [-0.25, -0.2) is 9.98 Å². The summed E-state index contributed by atoms with van der Waals surface area (Å²) in [5.41, 5.74) is 11.9. The Balaban J connectivity index is 1.84. The Morgan fingerprint density at radius 2 is 1.97 bits per heavy atom. The lowest BCUT2D eigenvalue weighted by molar-refractivity contribution is 0.220. The highest BCUT2D eigenvalue weighted by molar-refractivity contribution is 6.12. The average molecular weight is 405 g/mol. The number of anilines is 1. The van der Waals surface area contributed by atoms with Gasteiger partial charge < -0.3 is 16.0 Å². The van der Waals surface area contributed by atoms with E-state index in [0.717, 1.165) is 41.9 Å². The van der Waals surface area contributed by atoms with Crippen molar-refractivity contribution in [3.05, 3.63) is 65.5 Å². The van der Waals surface area contributed by atoms with Gasteiger partial charge in [-0.15, -0.1) is 0 Å². The second-order valence-electron chi connectivity index (χ2n) is 7.96. The molecule has 0 aromatic heterocycles. The molecule has 1 heterocycles. The number of amidine groups is 1. The predicted octanol–water partition coefficient (Wildman–Crippen LogP) is 3.48. The van der Waals surface area contributed by atoms with E-state index in [1.807, 2.05) is 19.1 Å². The van der Waals surface area contributed by atoms with Gasteiger partial charge in [0.2, 0.25) is 0 Å². The summed E-state index contributed by atoms with van der Waals surface area (Å²) in [7, 11) is 1.73. The Kier molecular flexibility index (Phi) is 7.00. The van der Waals surface area contributed by atoms with Crippen LogP contribution >= 0.6 is 0 Å². The molecule has 158 valence electrons. The quantitative estimate of drug-likeness (QED) is 0.458. The van der Waals surface area contributed by atoms with Crippen molar-refractivity contribution in [3.8, 4) is 0 Å². The third kappa shape index (κ3) is 5.13. The van der Waals surface area contributed by atoms with Gasteiger partial charge in [-0.3, -0.25) is 4.99 Å². The summed E-state index contributed by atoms with van der Waals surface area (Å²) in [5.74, 6) is 0.633. The summed E-state index contributed by atoms with van der Waals surface area (Å²) in [6.45, 7) is 12.3. The van der Waals surface area contributed by atoms with Gasteiger partial charge in [0.05, 0.1) is 0 Å². The van der Waals surface area contributed by atoms with Crippen molar-refractivity contribution in [2.45, 2.75) is 39.3 Å². The standard InChI is InChI=1S/C24H32N6/c1-6-27-24(22-12-19(13-26-5)23(25)11-16(22)2)29-20-7-9-21(10-8-20)30-14-17(3)28-18(4)15-30/h6-7,9-13,17-18,28H,1,8,14-15,25H2,2-5H3. The molecule has 1 saturated heterocycles. The van der Waals surface area contributed by atoms with Gasteiger partial charge in [-0.05, 0) is 50.6 Å². The van der Waals surface area contributed by atoms with Crippen LogP contribution < -0.4 is 11.1 Å². The normalized spacial score (nSPS) is 23.9. The number of benzene rings is 1. The van der Waals surface area contributed by atoms with Crippen LogP contribution in [-0.2, 0) is 0 Å². The number of hydrogen-bond donors (Lipinski definition) is 2. The van der Waals surface area contributed by atoms with Crippen molar-refractivity contribution < 1.29 is 0 Å². The molecule has 3 N–H and O–H groups in total. The maximum atomic E-state index is 6.13. The molecule has 2 aliphatic rings. The van der Waals surface area contributed by atoms with Crippen LogP contribution in [-0.4, -0.2) is 54.9 Å². The van der Waals surface area contributed by atoms with E-state index in [-0.39, 0.29) is 0 Å². The first kappa shape index (κ1) is 21.7. The molecule has 1 aromatic rings. The van der Waals surface area contributed by atoms with Crippen LogP contribution in [0.5, 0.6) is 0 Å². The van der Waals surface area contributed by atoms with E-state index in [2.05, 4.69) is 58.9 Å². The Hall–Kier alpha value is -2.99. The largest absolute Gasteiger partial charge is 0.398 e. The third-order valence-corrected chi connectivity index (χ3v) is 5.29. The van der Waals surface area contributed by atoms with Crippen LogP contribution in [0, 0.1) is 6.92 Å². The van der Waals surface area contributed by atoms with Crippen LogP contribution in [0.3, 0.4) is 0 Å². The highest BCUT2D eigenvalue weighted by Crippen LogP contribution is 2.21. The number of nitrogens with one attached hydrogen (secondary N) is 1. The summed E-state index contributed by atoms with van der Waals surface area (Å²) in [4.78, 5) is 15.8. The molecular weight excluding hydrogens is 372 g/mol. The zero-order valence-corrected chi connectivity index (χ0v) is 18.4. The summed E-state index contributed by atoms with van der Waals surface area (Å²) in [6, 6.07) is 4.89. The molecule has 1 aliphatic carbocycles. The average Bonchev–Trinajstić information content (AvgIpc) is 2.70. The monoisotopic (exact) mass is 404 g/mol. The topological polar surface area (TPSA) is 78.4 Å². The van der Waals surface area contributed by atoms with Crippen LogP contribution in [0.15, 0.2) is 63.8 Å². The first-order valence-electron chi connectivity index (χ1n) is 10.4. The lowest BCUT2D eigenvalue weighted by Crippen LogP contribution is -2.53. The van der Waals surface area contributed by atoms with Crippen molar-refractivity contribution in [2.24, 2.45) is 15.0 Å². The van der Waals surface area contributed by atoms with Gasteiger partial charge in [0.15, 0.2) is 5.84 Å². The van der Waals surface area contributed by atoms with Gasteiger partial charge in [-0.2, -0.15) is 0 Å². The number of hydrogen-bond acceptors (Lipinski definition) is 5. The van der Waals surface area contributed by atoms with Gasteiger partial charge >= 0.3 is 0 Å². The van der Waals surface area contributed by atoms with E-state index < -0.39 is 0 Å². The van der Waals surface area contributed by atoms with Gasteiger partial charge in [0.1, 0.15) is 0 Å². The predicted molar refractivity (Wildman–Crippen MR) is 129 cm³/mol. The number of rotatable bonds is 4. The van der Waals surface area contributed by atoms with Crippen LogP contribution in [0.25, 0.3) is 0 Å². The summed E-state index contributed by atoms with van der Waals surface area (Å²) >= 11 is 0. The van der Waals surface area contributed by atoms with Crippen LogP contribution in [0.2, 0.25) is 0 Å². The van der Waals surface area contributed by atoms with Crippen molar-refractivity contribution in [3.63, 3.8) is 0 Å². The molecule has 0 radical (unpaired) electrons. The maximum Gasteiger partial charge on any atom is 0.159 e. The van der Waals surface area contributed by atoms with Crippen molar-refractivity contribution in [1.29, 1.82) is 0 Å². The summed E-state index contributed by atoms with van der Waals surface area (Å²) < 4.78 is 0. The van der Waals surface area contributed by atoms with Crippen LogP contribution in [0.1, 0.15) is 37.0 Å². The van der Waals surface area contributed by atoms with Crippen LogP contribution in [0.4, 0.5) is 5.69 Å². The number of piperazine rings is 1. The second-order valence-corrected chi connectivity index (χ2v) is 7.96. The number of nitrogen functional groups attached to an aromatic ring is 1. The molecule has 0 amide bonds. The molecule has 1 fully saturated rings. The first-order valence-corrected chi connectivity index (χ1v) is 10.4. The summed E-state index contributed by atoms with van der Waals surface area (Å²) in [5, 5.41) is 3.58. The number of nitrogens with two attached hydrogens (primary N) is 1. The minimum Gasteiger partial charge on any atom is -0.398 e.